The molecule has 0 radical (unpaired) electrons. The van der Waals surface area contributed by atoms with Crippen LogP contribution in [0.2, 0.25) is 0 Å². The average Bonchev–Trinajstić information content (AvgIpc) is 0.668. The van der Waals surface area contributed by atoms with E-state index in [0.29, 0.717) is 0 Å². The van der Waals surface area contributed by atoms with Crippen molar-refractivity contribution >= 4 is 64.4 Å². The van der Waals surface area contributed by atoms with E-state index in [2.05, 4.69) is 10.6 Å². The largest absolute Gasteiger partial charge is 0.505 e. The number of hydrogen-bond acceptors (Lipinski definition) is 20. The van der Waals surface area contributed by atoms with Crippen molar-refractivity contribution in [1.82, 2.24) is 10.6 Å². The van der Waals surface area contributed by atoms with E-state index in [9.17, 15) is 72.4 Å². The minimum absolute atomic E-state index is 0.0261. The highest BCUT2D eigenvalue weighted by molar-refractivity contribution is 6.09. The lowest BCUT2D eigenvalue weighted by atomic mass is 9.44. The maximum Gasteiger partial charge on any atom is 0.338 e. The summed E-state index contributed by atoms with van der Waals surface area (Å²) >= 11 is 0. The van der Waals surface area contributed by atoms with Crippen LogP contribution in [0.25, 0.3) is 33.4 Å². The summed E-state index contributed by atoms with van der Waals surface area (Å²) in [4.78, 5) is 141. The fourth-order valence-corrected chi connectivity index (χ4v) is 14.2. The number of nitrogens with one attached hydrogen (secondary N) is 2. The zero-order valence-electron chi connectivity index (χ0n) is 52.3. The molecule has 96 heavy (non-hydrogen) atoms. The highest BCUT2D eigenvalue weighted by Gasteiger charge is 2.79. The zero-order chi connectivity index (χ0) is 69.1. The van der Waals surface area contributed by atoms with Gasteiger partial charge in [0.1, 0.15) is 41.4 Å². The molecule has 6 N–H and O–H groups in total. The molecule has 1 saturated heterocycles. The number of carbonyl (C=O) groups excluding carboxylic acids is 8. The first-order valence-electron chi connectivity index (χ1n) is 30.5. The molecule has 2 heterocycles. The molecule has 11 rings (SSSR count). The van der Waals surface area contributed by atoms with Crippen molar-refractivity contribution in [2.75, 3.05) is 13.2 Å². The molecular formula is C71H64F2N2O21. The highest BCUT2D eigenvalue weighted by Crippen LogP contribution is 2.65. The van der Waals surface area contributed by atoms with Crippen molar-refractivity contribution in [3.63, 3.8) is 0 Å². The summed E-state index contributed by atoms with van der Waals surface area (Å²) < 4.78 is 73.0. The molecule has 498 valence electrons. The van der Waals surface area contributed by atoms with Gasteiger partial charge in [0.15, 0.2) is 41.0 Å². The van der Waals surface area contributed by atoms with Gasteiger partial charge in [-0.1, -0.05) is 86.6 Å². The first-order chi connectivity index (χ1) is 45.5. The number of ketones is 1. The number of phenolic OH excluding ortho intramolecular Hbond substituents is 1. The normalized spacial score (nSPS) is 24.6. The zero-order valence-corrected chi connectivity index (χ0v) is 52.3. The van der Waals surface area contributed by atoms with E-state index in [0.717, 1.165) is 44.2 Å². The van der Waals surface area contributed by atoms with Gasteiger partial charge in [-0.05, 0) is 84.7 Å². The van der Waals surface area contributed by atoms with Gasteiger partial charge in [0.25, 0.3) is 11.8 Å². The number of halogens is 2. The van der Waals surface area contributed by atoms with E-state index in [1.807, 2.05) is 0 Å². The van der Waals surface area contributed by atoms with Crippen molar-refractivity contribution in [3.8, 4) is 28.2 Å². The van der Waals surface area contributed by atoms with Gasteiger partial charge in [-0.3, -0.25) is 33.6 Å². The van der Waals surface area contributed by atoms with E-state index >= 15 is 4.79 Å². The van der Waals surface area contributed by atoms with E-state index in [4.69, 9.17) is 32.8 Å². The van der Waals surface area contributed by atoms with Crippen LogP contribution in [0.15, 0.2) is 154 Å². The first-order valence-corrected chi connectivity index (χ1v) is 30.5. The maximum absolute atomic E-state index is 16.5. The van der Waals surface area contributed by atoms with Gasteiger partial charge >= 0.3 is 35.8 Å². The number of carboxylic acid groups (broad SMARTS) is 1. The number of aromatic hydroxyl groups is 1. The van der Waals surface area contributed by atoms with Crippen LogP contribution in [0.3, 0.4) is 0 Å². The number of rotatable bonds is 17. The molecule has 11 atom stereocenters. The van der Waals surface area contributed by atoms with Gasteiger partial charge in [-0.25, -0.2) is 23.2 Å². The Hall–Kier alpha value is -10.5. The van der Waals surface area contributed by atoms with Gasteiger partial charge in [0.05, 0.1) is 41.5 Å². The fraction of sp³-hybridized carbons (Fsp3) is 0.324. The third kappa shape index (κ3) is 11.8. The number of fused-ring (bicyclic) bond motifs is 7. The van der Waals surface area contributed by atoms with Crippen LogP contribution in [0.1, 0.15) is 114 Å². The molecule has 5 aromatic rings. The summed E-state index contributed by atoms with van der Waals surface area (Å²) in [5.41, 5.74) is -11.3. The molecule has 3 fully saturated rings. The molecule has 5 aromatic carbocycles. The smallest absolute Gasteiger partial charge is 0.338 e. The minimum atomic E-state index is -2.63. The first kappa shape index (κ1) is 66.9. The third-order valence-electron chi connectivity index (χ3n) is 19.0. The van der Waals surface area contributed by atoms with Crippen molar-refractivity contribution in [2.45, 2.75) is 115 Å². The lowest BCUT2D eigenvalue weighted by molar-refractivity contribution is -0.346. The average molecular weight is 1320 g/mol. The summed E-state index contributed by atoms with van der Waals surface area (Å²) in [6.07, 6.45) is -12.8. The van der Waals surface area contributed by atoms with Crippen LogP contribution in [-0.4, -0.2) is 135 Å². The predicted octanol–water partition coefficient (Wildman–Crippen LogP) is 7.67. The summed E-state index contributed by atoms with van der Waals surface area (Å²) in [5, 5.41) is 52.1. The lowest BCUT2D eigenvalue weighted by Crippen LogP contribution is -2.82. The Labute approximate surface area is 545 Å². The number of esters is 5. The van der Waals surface area contributed by atoms with Crippen LogP contribution in [0.5, 0.6) is 5.75 Å². The number of aromatic carboxylic acids is 1. The molecule has 2 saturated carbocycles. The topological polar surface area (TPSA) is 344 Å². The van der Waals surface area contributed by atoms with Gasteiger partial charge in [-0.15, -0.1) is 0 Å². The molecule has 2 amide bonds. The van der Waals surface area contributed by atoms with Gasteiger partial charge in [0, 0.05) is 78.4 Å². The van der Waals surface area contributed by atoms with Crippen molar-refractivity contribution in [3.05, 3.63) is 194 Å². The van der Waals surface area contributed by atoms with Crippen LogP contribution in [0.4, 0.5) is 8.78 Å². The quantitative estimate of drug-likeness (QED) is 0.0220. The van der Waals surface area contributed by atoms with E-state index in [1.165, 1.54) is 76.2 Å². The molecule has 0 spiro atoms. The van der Waals surface area contributed by atoms with E-state index in [-0.39, 0.29) is 66.8 Å². The molecule has 0 aromatic heterocycles. The molecule has 4 aliphatic carbocycles. The SMILES string of the molecule is CC(=O)O[C@H]1C(=O)[C@@]2(C)C([C@H](OC(=O)c3ccccc3)[C@]3(O)C[C@H](OC(=O)[C@H](O)[C@@H](NC(=O)c4ccccc4)c4ccccc4)C(C)=C1C3(C)C)[C@]1(OC(C)=O)CO[C@@H]1C[C@@H]2OC(=O)CCNC(=O)c1ccc(-c2c3cc(F)c(=O)cc-3oc3cc(O)c(F)cc23)c(C(=O)O)c1. The minimum Gasteiger partial charge on any atom is -0.505 e. The van der Waals surface area contributed by atoms with Gasteiger partial charge in [-0.2, -0.15) is 0 Å². The molecular weight excluding hydrogens is 1250 g/mol. The van der Waals surface area contributed by atoms with Crippen LogP contribution >= 0.6 is 0 Å². The third-order valence-corrected chi connectivity index (χ3v) is 19.0. The Kier molecular flexibility index (Phi) is 17.9. The summed E-state index contributed by atoms with van der Waals surface area (Å²) in [7, 11) is 0. The number of carbonyl (C=O) groups is 9. The molecule has 1 unspecified atom stereocenters. The fourth-order valence-electron chi connectivity index (χ4n) is 14.2. The highest BCUT2D eigenvalue weighted by atomic mass is 19.1. The van der Waals surface area contributed by atoms with E-state index in [1.54, 1.807) is 54.6 Å². The summed E-state index contributed by atoms with van der Waals surface area (Å²) in [6, 6.07) is 28.6. The number of ether oxygens (including phenoxy) is 6. The Morgan fingerprint density at radius 1 is 0.740 bits per heavy atom. The van der Waals surface area contributed by atoms with Gasteiger partial charge < -0.3 is 63.9 Å². The molecule has 6 aliphatic rings. The molecule has 25 heteroatoms. The second-order valence-corrected chi connectivity index (χ2v) is 24.9. The molecule has 2 aliphatic heterocycles. The number of Topliss-reactive ketones (excluding diaryl/α,β-unsaturated/α-hetero) is 1. The number of hydrogen-bond donors (Lipinski definition) is 6. The molecule has 2 bridgehead atoms. The number of phenols is 1. The van der Waals surface area contributed by atoms with Crippen molar-refractivity contribution in [2.24, 2.45) is 16.7 Å². The maximum atomic E-state index is 16.5. The molecule has 23 nitrogen and oxygen atoms in total. The second-order valence-electron chi connectivity index (χ2n) is 24.9. The van der Waals surface area contributed by atoms with E-state index < -0.39 is 185 Å². The summed E-state index contributed by atoms with van der Waals surface area (Å²) in [5.74, 6) is -15.1. The summed E-state index contributed by atoms with van der Waals surface area (Å²) in [6.45, 7) is 6.74. The van der Waals surface area contributed by atoms with Gasteiger partial charge in [0.2, 0.25) is 5.43 Å². The Morgan fingerprint density at radius 3 is 2.02 bits per heavy atom. The Bertz CT molecular complexity index is 4400. The Morgan fingerprint density at radius 2 is 1.40 bits per heavy atom. The standard InChI is InChI=1S/C71H64F2N2O21/c1-34-51(93-67(88)58(81)57(37-16-10-7-11-17-37)75-64(84)38-18-12-8-13-19-38)32-71(89)62(95-66(87)39-20-14-9-15-21-39)60-69(6,61(82)59(91-35(2)76)56(34)68(71,4)5)52(31-53-70(60,33-90-53)96-36(3)77)94-54(80)24-25-74-63(83)40-22-23-41(42(26-40)65(85)86)55-43-27-45(72)47(78)29-49(43)92-50-30-48(79)46(73)28-44(50)55/h7-23,26-30,51-53,57-60,62,78,81,89H,24-25,31-33H2,1-6H3,(H,74,83)(H,75,84)(H,85,86)/t51-,52-,53+,57-,58+,59+,60?,62-,69+,70-,71+/m0/s1. The van der Waals surface area contributed by atoms with Crippen LogP contribution < -0.4 is 16.1 Å². The second kappa shape index (κ2) is 25.7. The van der Waals surface area contributed by atoms with Crippen LogP contribution in [0, 0.1) is 28.4 Å². The predicted molar refractivity (Wildman–Crippen MR) is 332 cm³/mol. The van der Waals surface area contributed by atoms with Crippen molar-refractivity contribution in [1.29, 1.82) is 0 Å². The number of benzene rings is 6. The Balaban J connectivity index is 0.948. The monoisotopic (exact) mass is 1320 g/mol. The number of aliphatic hydroxyl groups is 2. The van der Waals surface area contributed by atoms with Crippen LogP contribution in [-0.2, 0) is 52.4 Å². The lowest BCUT2D eigenvalue weighted by Gasteiger charge is -2.67. The number of amides is 2. The number of aliphatic hydroxyl groups excluding tert-OH is 1. The van der Waals surface area contributed by atoms with Crippen molar-refractivity contribution < 1.29 is 105 Å². The number of carboxylic acids is 1.